The van der Waals surface area contributed by atoms with E-state index in [1.165, 1.54) is 0 Å². The van der Waals surface area contributed by atoms with Gasteiger partial charge in [-0.05, 0) is 56.7 Å². The van der Waals surface area contributed by atoms with E-state index in [0.717, 1.165) is 0 Å². The molecule has 0 bridgehead atoms. The Kier molecular flexibility index (Phi) is 9.98. The molecule has 37 heavy (non-hydrogen) atoms. The minimum Gasteiger partial charge on any atom is -0.481 e. The molecule has 1 saturated heterocycles. The summed E-state index contributed by atoms with van der Waals surface area (Å²) in [6.45, 7) is 3.54. The van der Waals surface area contributed by atoms with E-state index in [2.05, 4.69) is 17.0 Å². The molecule has 1 heterocycles. The fourth-order valence-corrected chi connectivity index (χ4v) is 3.71. The van der Waals surface area contributed by atoms with Crippen LogP contribution in [0.3, 0.4) is 0 Å². The number of rotatable bonds is 14. The molecule has 14 nitrogen and oxygen atoms in total. The van der Waals surface area contributed by atoms with E-state index in [9.17, 15) is 43.8 Å². The monoisotopic (exact) mass is 518 g/mol. The SMILES string of the molecule is C=Nc1ccc(C(=O)NCCCC[C@@H](C(=O)O)N2C(=O)CC(=O)N([C@@H](CCC(=O)O)C(=O)O)C2=O)cc1. The summed E-state index contributed by atoms with van der Waals surface area (Å²) in [7, 11) is 0. The molecular weight excluding hydrogens is 492 g/mol. The minimum atomic E-state index is -1.88. The van der Waals surface area contributed by atoms with Gasteiger partial charge in [0.15, 0.2) is 0 Å². The number of nitrogens with zero attached hydrogens (tertiary/aromatic N) is 3. The van der Waals surface area contributed by atoms with Gasteiger partial charge in [0.1, 0.15) is 18.5 Å². The van der Waals surface area contributed by atoms with Crippen LogP contribution in [0.2, 0.25) is 0 Å². The molecule has 1 aliphatic rings. The van der Waals surface area contributed by atoms with Crippen molar-refractivity contribution in [3.05, 3.63) is 29.8 Å². The number of benzene rings is 1. The third kappa shape index (κ3) is 7.43. The molecule has 5 amide bonds. The number of hydrogen-bond acceptors (Lipinski definition) is 8. The first kappa shape index (κ1) is 28.6. The number of amides is 5. The van der Waals surface area contributed by atoms with Crippen LogP contribution in [-0.4, -0.2) is 92.1 Å². The van der Waals surface area contributed by atoms with Crippen LogP contribution in [0.15, 0.2) is 29.3 Å². The lowest BCUT2D eigenvalue weighted by atomic mass is 10.0. The second kappa shape index (κ2) is 12.9. The normalized spacial score (nSPS) is 15.2. The van der Waals surface area contributed by atoms with E-state index in [4.69, 9.17) is 5.11 Å². The molecule has 198 valence electrons. The number of barbiturate groups is 1. The van der Waals surface area contributed by atoms with Crippen molar-refractivity contribution >= 4 is 54.1 Å². The molecule has 0 aliphatic carbocycles. The van der Waals surface area contributed by atoms with Gasteiger partial charge in [-0.25, -0.2) is 24.2 Å². The summed E-state index contributed by atoms with van der Waals surface area (Å²) in [6.07, 6.45) is -2.01. The highest BCUT2D eigenvalue weighted by molar-refractivity contribution is 6.16. The van der Waals surface area contributed by atoms with Crippen molar-refractivity contribution in [2.45, 2.75) is 50.6 Å². The second-order valence-electron chi connectivity index (χ2n) is 8.08. The molecule has 1 aromatic carbocycles. The first-order valence-corrected chi connectivity index (χ1v) is 11.2. The minimum absolute atomic E-state index is 0.156. The Labute approximate surface area is 210 Å². The Hall–Kier alpha value is -4.62. The number of hydrogen-bond donors (Lipinski definition) is 4. The smallest absolute Gasteiger partial charge is 0.335 e. The van der Waals surface area contributed by atoms with E-state index >= 15 is 0 Å². The van der Waals surface area contributed by atoms with Crippen LogP contribution in [0.4, 0.5) is 10.5 Å². The Balaban J connectivity index is 2.03. The first-order chi connectivity index (χ1) is 17.5. The maximum absolute atomic E-state index is 12.9. The van der Waals surface area contributed by atoms with Gasteiger partial charge in [-0.15, -0.1) is 0 Å². The number of imide groups is 2. The van der Waals surface area contributed by atoms with Crippen molar-refractivity contribution in [3.63, 3.8) is 0 Å². The summed E-state index contributed by atoms with van der Waals surface area (Å²) < 4.78 is 0. The third-order valence-corrected chi connectivity index (χ3v) is 5.58. The number of carbonyl (C=O) groups excluding carboxylic acids is 4. The number of urea groups is 1. The molecule has 2 rings (SSSR count). The van der Waals surface area contributed by atoms with Crippen LogP contribution >= 0.6 is 0 Å². The Morgan fingerprint density at radius 1 is 0.892 bits per heavy atom. The quantitative estimate of drug-likeness (QED) is 0.155. The summed E-state index contributed by atoms with van der Waals surface area (Å²) in [5.41, 5.74) is 0.968. The molecule has 0 unspecified atom stereocenters. The van der Waals surface area contributed by atoms with Crippen LogP contribution < -0.4 is 5.32 Å². The van der Waals surface area contributed by atoms with E-state index < -0.39 is 67.1 Å². The number of unbranched alkanes of at least 4 members (excludes halogenated alkanes) is 1. The highest BCUT2D eigenvalue weighted by atomic mass is 16.4. The maximum Gasteiger partial charge on any atom is 0.335 e. The summed E-state index contributed by atoms with van der Waals surface area (Å²) in [6, 6.07) is 1.32. The lowest BCUT2D eigenvalue weighted by Gasteiger charge is -2.38. The van der Waals surface area contributed by atoms with Crippen molar-refractivity contribution in [1.82, 2.24) is 15.1 Å². The van der Waals surface area contributed by atoms with Gasteiger partial charge in [-0.2, -0.15) is 0 Å². The molecule has 0 aromatic heterocycles. The van der Waals surface area contributed by atoms with Gasteiger partial charge in [-0.3, -0.25) is 24.2 Å². The zero-order valence-electron chi connectivity index (χ0n) is 19.7. The average Bonchev–Trinajstić information content (AvgIpc) is 2.83. The highest BCUT2D eigenvalue weighted by Crippen LogP contribution is 2.23. The number of carbonyl (C=O) groups is 7. The number of carboxylic acid groups (broad SMARTS) is 3. The number of aliphatic imine (C=N–C) groups is 1. The summed E-state index contributed by atoms with van der Waals surface area (Å²) >= 11 is 0. The Bertz CT molecular complexity index is 1100. The van der Waals surface area contributed by atoms with E-state index in [1.807, 2.05) is 0 Å². The molecule has 2 atom stereocenters. The summed E-state index contributed by atoms with van der Waals surface area (Å²) in [5.74, 6) is -7.22. The number of carboxylic acids is 3. The molecule has 14 heteroatoms. The van der Waals surface area contributed by atoms with Crippen molar-refractivity contribution in [2.24, 2.45) is 4.99 Å². The van der Waals surface area contributed by atoms with Crippen LogP contribution in [0, 0.1) is 0 Å². The standard InChI is InChI=1S/C23H26N4O10/c1-24-14-7-5-13(6-8-14)20(32)25-11-3-2-4-15(21(33)34)26-17(28)12-18(29)27(23(26)37)16(22(35)36)9-10-19(30)31/h5-8,15-16H,1-4,9-12H2,(H,25,32)(H,30,31)(H,33,34)(H,35,36)/t15-,16-/m0/s1. The van der Waals surface area contributed by atoms with E-state index in [0.29, 0.717) is 16.2 Å². The van der Waals surface area contributed by atoms with E-state index in [-0.39, 0.29) is 36.6 Å². The molecule has 1 aliphatic heterocycles. The summed E-state index contributed by atoms with van der Waals surface area (Å²) in [4.78, 5) is 88.5. The number of nitrogens with one attached hydrogen (secondary N) is 1. The van der Waals surface area contributed by atoms with Crippen molar-refractivity contribution < 1.29 is 48.9 Å². The van der Waals surface area contributed by atoms with Crippen LogP contribution in [0.25, 0.3) is 0 Å². The van der Waals surface area contributed by atoms with Crippen LogP contribution in [0.5, 0.6) is 0 Å². The predicted octanol–water partition coefficient (Wildman–Crippen LogP) is 0.871. The molecule has 1 aromatic rings. The molecular formula is C23H26N4O10. The zero-order chi connectivity index (χ0) is 27.7. The lowest BCUT2D eigenvalue weighted by molar-refractivity contribution is -0.158. The van der Waals surface area contributed by atoms with E-state index in [1.54, 1.807) is 24.3 Å². The predicted molar refractivity (Wildman–Crippen MR) is 125 cm³/mol. The van der Waals surface area contributed by atoms with Crippen molar-refractivity contribution in [2.75, 3.05) is 6.54 Å². The average molecular weight is 518 g/mol. The number of aliphatic carboxylic acids is 3. The molecule has 1 fully saturated rings. The third-order valence-electron chi connectivity index (χ3n) is 5.58. The Morgan fingerprint density at radius 3 is 1.92 bits per heavy atom. The maximum atomic E-state index is 12.9. The molecule has 4 N–H and O–H groups in total. The lowest BCUT2D eigenvalue weighted by Crippen LogP contribution is -2.63. The fourth-order valence-electron chi connectivity index (χ4n) is 3.71. The van der Waals surface area contributed by atoms with Gasteiger partial charge >= 0.3 is 23.9 Å². The Morgan fingerprint density at radius 2 is 1.43 bits per heavy atom. The second-order valence-corrected chi connectivity index (χ2v) is 8.08. The molecule has 0 spiro atoms. The van der Waals surface area contributed by atoms with Gasteiger partial charge in [0, 0.05) is 18.5 Å². The largest absolute Gasteiger partial charge is 0.481 e. The molecule has 0 saturated carbocycles. The van der Waals surface area contributed by atoms with Crippen molar-refractivity contribution in [1.29, 1.82) is 0 Å². The van der Waals surface area contributed by atoms with Crippen LogP contribution in [-0.2, 0) is 24.0 Å². The van der Waals surface area contributed by atoms with Gasteiger partial charge in [-0.1, -0.05) is 0 Å². The topological polar surface area (TPSA) is 211 Å². The van der Waals surface area contributed by atoms with Crippen molar-refractivity contribution in [3.8, 4) is 0 Å². The summed E-state index contributed by atoms with van der Waals surface area (Å²) in [5, 5.41) is 30.6. The fraction of sp³-hybridized carbons (Fsp3) is 0.391. The highest BCUT2D eigenvalue weighted by Gasteiger charge is 2.48. The zero-order valence-corrected chi connectivity index (χ0v) is 19.7. The van der Waals surface area contributed by atoms with Gasteiger partial charge < -0.3 is 20.6 Å². The van der Waals surface area contributed by atoms with Crippen LogP contribution in [0.1, 0.15) is 48.9 Å². The molecule has 0 radical (unpaired) electrons. The van der Waals surface area contributed by atoms with Gasteiger partial charge in [0.05, 0.1) is 5.69 Å². The van der Waals surface area contributed by atoms with Gasteiger partial charge in [0.25, 0.3) is 5.91 Å². The van der Waals surface area contributed by atoms with Gasteiger partial charge in [0.2, 0.25) is 11.8 Å². The first-order valence-electron chi connectivity index (χ1n) is 11.2.